The quantitative estimate of drug-likeness (QED) is 0.740. The van der Waals surface area contributed by atoms with E-state index >= 15 is 0 Å². The molecule has 2 rings (SSSR count). The maximum atomic E-state index is 12.8. The van der Waals surface area contributed by atoms with E-state index in [4.69, 9.17) is 28.9 Å². The van der Waals surface area contributed by atoms with Crippen LogP contribution in [0, 0.1) is 11.8 Å². The van der Waals surface area contributed by atoms with Crippen molar-refractivity contribution in [2.45, 2.75) is 26.2 Å². The van der Waals surface area contributed by atoms with Gasteiger partial charge in [-0.15, -0.1) is 12.4 Å². The second-order valence-electron chi connectivity index (χ2n) is 6.54. The fraction of sp³-hybridized carbons (Fsp3) is 0.556. The first kappa shape index (κ1) is 23.0. The highest BCUT2D eigenvalue weighted by atomic mass is 35.5. The van der Waals surface area contributed by atoms with Crippen molar-refractivity contribution in [1.29, 1.82) is 0 Å². The second-order valence-corrected chi connectivity index (χ2v) is 7.39. The number of halogens is 3. The van der Waals surface area contributed by atoms with Crippen LogP contribution in [0.15, 0.2) is 18.2 Å². The molecule has 8 heteroatoms. The Morgan fingerprint density at radius 3 is 2.77 bits per heavy atom. The minimum Gasteiger partial charge on any atom is -0.355 e. The number of benzene rings is 1. The molecule has 1 aromatic rings. The summed E-state index contributed by atoms with van der Waals surface area (Å²) in [4.78, 5) is 26.7. The van der Waals surface area contributed by atoms with Crippen LogP contribution in [0.3, 0.4) is 0 Å². The molecule has 0 spiro atoms. The highest BCUT2D eigenvalue weighted by molar-refractivity contribution is 6.35. The lowest BCUT2D eigenvalue weighted by Gasteiger charge is -2.33. The molecule has 0 aromatic heterocycles. The smallest absolute Gasteiger partial charge is 0.225 e. The molecule has 2 amide bonds. The molecule has 3 N–H and O–H groups in total. The third-order valence-electron chi connectivity index (χ3n) is 4.51. The maximum Gasteiger partial charge on any atom is 0.225 e. The minimum atomic E-state index is -0.204. The molecule has 1 aliphatic heterocycles. The number of amides is 2. The molecule has 2 unspecified atom stereocenters. The number of nitrogens with one attached hydrogen (secondary N) is 1. The van der Waals surface area contributed by atoms with Gasteiger partial charge in [-0.3, -0.25) is 9.59 Å². The van der Waals surface area contributed by atoms with Gasteiger partial charge in [-0.2, -0.15) is 0 Å². The summed E-state index contributed by atoms with van der Waals surface area (Å²) in [5, 5.41) is 3.96. The lowest BCUT2D eigenvalue weighted by molar-refractivity contribution is -0.138. The van der Waals surface area contributed by atoms with Crippen molar-refractivity contribution in [3.8, 4) is 0 Å². The molecule has 1 aromatic carbocycles. The first-order valence-electron chi connectivity index (χ1n) is 8.63. The summed E-state index contributed by atoms with van der Waals surface area (Å²) in [6.07, 6.45) is 2.19. The summed E-state index contributed by atoms with van der Waals surface area (Å²) >= 11 is 12.1. The zero-order valence-electron chi connectivity index (χ0n) is 14.8. The van der Waals surface area contributed by atoms with Gasteiger partial charge in [-0.05, 0) is 37.0 Å². The van der Waals surface area contributed by atoms with Gasteiger partial charge in [-0.1, -0.05) is 36.2 Å². The first-order valence-corrected chi connectivity index (χ1v) is 9.38. The Morgan fingerprint density at radius 1 is 1.38 bits per heavy atom. The second kappa shape index (κ2) is 11.0. The molecule has 146 valence electrons. The number of hydrogen-bond acceptors (Lipinski definition) is 3. The molecule has 0 aliphatic carbocycles. The summed E-state index contributed by atoms with van der Waals surface area (Å²) in [5.41, 5.74) is 6.32. The molecule has 1 fully saturated rings. The van der Waals surface area contributed by atoms with Crippen molar-refractivity contribution in [2.24, 2.45) is 17.6 Å². The SMILES string of the molecule is CC(Cc1ccc(Cl)cc1Cl)C(=O)N1CCCC(C(=O)NCCN)C1.Cl. The predicted octanol–water partition coefficient (Wildman–Crippen LogP) is 2.91. The van der Waals surface area contributed by atoms with Crippen LogP contribution in [-0.2, 0) is 16.0 Å². The molecule has 1 aliphatic rings. The molecule has 0 saturated carbocycles. The van der Waals surface area contributed by atoms with Crippen LogP contribution in [0.25, 0.3) is 0 Å². The number of carbonyl (C=O) groups is 2. The van der Waals surface area contributed by atoms with Crippen LogP contribution in [0.4, 0.5) is 0 Å². The van der Waals surface area contributed by atoms with Crippen LogP contribution in [0.5, 0.6) is 0 Å². The van der Waals surface area contributed by atoms with Gasteiger partial charge in [0.25, 0.3) is 0 Å². The number of hydrogen-bond donors (Lipinski definition) is 2. The third-order valence-corrected chi connectivity index (χ3v) is 5.10. The van der Waals surface area contributed by atoms with Crippen molar-refractivity contribution in [3.63, 3.8) is 0 Å². The van der Waals surface area contributed by atoms with Crippen molar-refractivity contribution in [1.82, 2.24) is 10.2 Å². The van der Waals surface area contributed by atoms with E-state index in [0.717, 1.165) is 18.4 Å². The Balaban J connectivity index is 0.00000338. The average molecular weight is 423 g/mol. The van der Waals surface area contributed by atoms with Crippen LogP contribution < -0.4 is 11.1 Å². The highest BCUT2D eigenvalue weighted by Crippen LogP contribution is 2.25. The topological polar surface area (TPSA) is 75.4 Å². The van der Waals surface area contributed by atoms with Crippen LogP contribution in [0.1, 0.15) is 25.3 Å². The standard InChI is InChI=1S/C18H25Cl2N3O2.ClH/c1-12(9-13-4-5-15(19)10-16(13)20)18(25)23-8-2-3-14(11-23)17(24)22-7-6-21;/h4-5,10,12,14H,2-3,6-9,11,21H2,1H3,(H,22,24);1H. The third kappa shape index (κ3) is 6.31. The van der Waals surface area contributed by atoms with Crippen LogP contribution in [0.2, 0.25) is 10.0 Å². The predicted molar refractivity (Wildman–Crippen MR) is 108 cm³/mol. The zero-order chi connectivity index (χ0) is 18.4. The molecule has 0 radical (unpaired) electrons. The van der Waals surface area contributed by atoms with E-state index in [1.165, 1.54) is 0 Å². The molecule has 26 heavy (non-hydrogen) atoms. The first-order chi connectivity index (χ1) is 11.9. The van der Waals surface area contributed by atoms with E-state index in [2.05, 4.69) is 5.32 Å². The number of likely N-dealkylation sites (tertiary alicyclic amines) is 1. The number of nitrogens with zero attached hydrogens (tertiary/aromatic N) is 1. The van der Waals surface area contributed by atoms with Crippen LogP contribution in [-0.4, -0.2) is 42.9 Å². The molecule has 2 atom stereocenters. The van der Waals surface area contributed by atoms with E-state index in [9.17, 15) is 9.59 Å². The lowest BCUT2D eigenvalue weighted by atomic mass is 9.94. The Bertz CT molecular complexity index is 628. The lowest BCUT2D eigenvalue weighted by Crippen LogP contribution is -2.47. The van der Waals surface area contributed by atoms with Gasteiger partial charge in [0.2, 0.25) is 11.8 Å². The van der Waals surface area contributed by atoms with E-state index in [1.54, 1.807) is 17.0 Å². The largest absolute Gasteiger partial charge is 0.355 e. The van der Waals surface area contributed by atoms with Gasteiger partial charge in [0.15, 0.2) is 0 Å². The van der Waals surface area contributed by atoms with Gasteiger partial charge >= 0.3 is 0 Å². The molecule has 1 saturated heterocycles. The van der Waals surface area contributed by atoms with Crippen molar-refractivity contribution in [2.75, 3.05) is 26.2 Å². The Morgan fingerprint density at radius 2 is 2.12 bits per heavy atom. The van der Waals surface area contributed by atoms with Crippen molar-refractivity contribution < 1.29 is 9.59 Å². The van der Waals surface area contributed by atoms with Gasteiger partial charge in [0.1, 0.15) is 0 Å². The van der Waals surface area contributed by atoms with E-state index in [0.29, 0.717) is 42.6 Å². The Kier molecular flexibility index (Phi) is 9.72. The number of piperidine rings is 1. The zero-order valence-corrected chi connectivity index (χ0v) is 17.2. The molecular formula is C18H26Cl3N3O2. The number of carbonyl (C=O) groups excluding carboxylic acids is 2. The minimum absolute atomic E-state index is 0. The molecule has 5 nitrogen and oxygen atoms in total. The van der Waals surface area contributed by atoms with Gasteiger partial charge in [0, 0.05) is 42.1 Å². The molecule has 1 heterocycles. The van der Waals surface area contributed by atoms with E-state index in [1.807, 2.05) is 13.0 Å². The highest BCUT2D eigenvalue weighted by Gasteiger charge is 2.30. The number of rotatable bonds is 6. The monoisotopic (exact) mass is 421 g/mol. The van der Waals surface area contributed by atoms with E-state index < -0.39 is 0 Å². The Labute approximate surface area is 171 Å². The fourth-order valence-electron chi connectivity index (χ4n) is 3.15. The summed E-state index contributed by atoms with van der Waals surface area (Å²) < 4.78 is 0. The maximum absolute atomic E-state index is 12.8. The Hall–Kier alpha value is -1.01. The fourth-order valence-corrected chi connectivity index (χ4v) is 3.63. The van der Waals surface area contributed by atoms with E-state index in [-0.39, 0.29) is 36.1 Å². The number of nitrogens with two attached hydrogens (primary N) is 1. The summed E-state index contributed by atoms with van der Waals surface area (Å²) in [7, 11) is 0. The van der Waals surface area contributed by atoms with Crippen molar-refractivity contribution >= 4 is 47.4 Å². The molecule has 0 bridgehead atoms. The summed E-state index contributed by atoms with van der Waals surface area (Å²) in [6.45, 7) is 3.94. The summed E-state index contributed by atoms with van der Waals surface area (Å²) in [5.74, 6) is -0.321. The summed E-state index contributed by atoms with van der Waals surface area (Å²) in [6, 6.07) is 5.32. The van der Waals surface area contributed by atoms with Crippen molar-refractivity contribution in [3.05, 3.63) is 33.8 Å². The molecular weight excluding hydrogens is 397 g/mol. The van der Waals surface area contributed by atoms with Crippen LogP contribution >= 0.6 is 35.6 Å². The van der Waals surface area contributed by atoms with Gasteiger partial charge in [-0.25, -0.2) is 0 Å². The van der Waals surface area contributed by atoms with Gasteiger partial charge in [0.05, 0.1) is 5.92 Å². The van der Waals surface area contributed by atoms with Gasteiger partial charge < -0.3 is 16.0 Å². The normalized spacial score (nSPS) is 18.0. The average Bonchev–Trinajstić information content (AvgIpc) is 2.61.